The Morgan fingerprint density at radius 2 is 1.76 bits per heavy atom. The minimum absolute atomic E-state index is 0.00739. The second-order valence-corrected chi connectivity index (χ2v) is 5.50. The maximum Gasteiger partial charge on any atom is 0.118 e. The molecule has 3 nitrogen and oxygen atoms in total. The lowest BCUT2D eigenvalue weighted by molar-refractivity contribution is 0.133. The van der Waals surface area contributed by atoms with Crippen molar-refractivity contribution < 1.29 is 9.84 Å². The minimum atomic E-state index is -0.518. The number of methoxy groups -OCH3 is 1. The van der Waals surface area contributed by atoms with Crippen molar-refractivity contribution in [2.75, 3.05) is 7.11 Å². The summed E-state index contributed by atoms with van der Waals surface area (Å²) in [4.78, 5) is 0. The second-order valence-electron chi connectivity index (χ2n) is 5.50. The van der Waals surface area contributed by atoms with Crippen molar-refractivity contribution in [3.63, 3.8) is 0 Å². The quantitative estimate of drug-likeness (QED) is 0.846. The molecule has 1 aromatic rings. The number of nitrogens with two attached hydrogens (primary N) is 1. The second kappa shape index (κ2) is 5.52. The van der Waals surface area contributed by atoms with E-state index in [9.17, 15) is 5.11 Å². The molecule has 0 saturated carbocycles. The van der Waals surface area contributed by atoms with Gasteiger partial charge in [0.15, 0.2) is 0 Å². The molecule has 0 aliphatic rings. The third-order valence-electron chi connectivity index (χ3n) is 3.09. The monoisotopic (exact) mass is 237 g/mol. The van der Waals surface area contributed by atoms with Gasteiger partial charge in [0, 0.05) is 6.04 Å². The summed E-state index contributed by atoms with van der Waals surface area (Å²) in [7, 11) is 1.63. The van der Waals surface area contributed by atoms with Gasteiger partial charge in [-0.3, -0.25) is 0 Å². The lowest BCUT2D eigenvalue weighted by atomic mass is 9.83. The standard InChI is InChI=1S/C14H23NO2/c1-14(2,3)13(15)9-12(16)10-5-7-11(17-4)8-6-10/h5-8,12-13,16H,9,15H2,1-4H3/t12-,13+/m1/s1. The minimum Gasteiger partial charge on any atom is -0.497 e. The highest BCUT2D eigenvalue weighted by atomic mass is 16.5. The molecule has 0 aliphatic heterocycles. The average Bonchev–Trinajstić information content (AvgIpc) is 2.27. The molecule has 0 fully saturated rings. The van der Waals surface area contributed by atoms with E-state index in [0.717, 1.165) is 11.3 Å². The van der Waals surface area contributed by atoms with Crippen molar-refractivity contribution >= 4 is 0 Å². The molecule has 0 amide bonds. The van der Waals surface area contributed by atoms with Crippen LogP contribution in [0.25, 0.3) is 0 Å². The Morgan fingerprint density at radius 3 is 2.18 bits per heavy atom. The van der Waals surface area contributed by atoms with E-state index in [4.69, 9.17) is 10.5 Å². The van der Waals surface area contributed by atoms with E-state index in [0.29, 0.717) is 6.42 Å². The average molecular weight is 237 g/mol. The van der Waals surface area contributed by atoms with Gasteiger partial charge < -0.3 is 15.6 Å². The van der Waals surface area contributed by atoms with Crippen molar-refractivity contribution in [1.82, 2.24) is 0 Å². The molecule has 1 rings (SSSR count). The summed E-state index contributed by atoms with van der Waals surface area (Å²) in [6, 6.07) is 7.42. The van der Waals surface area contributed by atoms with Crippen LogP contribution in [0.5, 0.6) is 5.75 Å². The zero-order valence-corrected chi connectivity index (χ0v) is 11.1. The summed E-state index contributed by atoms with van der Waals surface area (Å²) in [6.07, 6.45) is 0.0469. The van der Waals surface area contributed by atoms with Gasteiger partial charge in [-0.15, -0.1) is 0 Å². The van der Waals surface area contributed by atoms with E-state index >= 15 is 0 Å². The molecule has 0 aliphatic carbocycles. The maximum atomic E-state index is 10.1. The van der Waals surface area contributed by atoms with Crippen LogP contribution in [0.4, 0.5) is 0 Å². The van der Waals surface area contributed by atoms with E-state index in [-0.39, 0.29) is 11.5 Å². The summed E-state index contributed by atoms with van der Waals surface area (Å²) < 4.78 is 5.08. The highest BCUT2D eigenvalue weighted by Gasteiger charge is 2.23. The largest absolute Gasteiger partial charge is 0.497 e. The van der Waals surface area contributed by atoms with Crippen LogP contribution in [0.2, 0.25) is 0 Å². The predicted octanol–water partition coefficient (Wildman–Crippen LogP) is 2.49. The van der Waals surface area contributed by atoms with Gasteiger partial charge >= 0.3 is 0 Å². The maximum absolute atomic E-state index is 10.1. The van der Waals surface area contributed by atoms with Crippen molar-refractivity contribution in [2.24, 2.45) is 11.1 Å². The lowest BCUT2D eigenvalue weighted by Gasteiger charge is -2.29. The molecular weight excluding hydrogens is 214 g/mol. The highest BCUT2D eigenvalue weighted by Crippen LogP contribution is 2.27. The van der Waals surface area contributed by atoms with Crippen LogP contribution in [0.15, 0.2) is 24.3 Å². The van der Waals surface area contributed by atoms with Crippen molar-refractivity contribution in [2.45, 2.75) is 39.3 Å². The van der Waals surface area contributed by atoms with Crippen LogP contribution in [0, 0.1) is 5.41 Å². The molecule has 0 radical (unpaired) electrons. The van der Waals surface area contributed by atoms with Crippen molar-refractivity contribution in [3.05, 3.63) is 29.8 Å². The fraction of sp³-hybridized carbons (Fsp3) is 0.571. The van der Waals surface area contributed by atoms with Gasteiger partial charge in [-0.1, -0.05) is 32.9 Å². The molecule has 0 spiro atoms. The van der Waals surface area contributed by atoms with Gasteiger partial charge in [-0.05, 0) is 29.5 Å². The van der Waals surface area contributed by atoms with E-state index in [1.54, 1.807) is 7.11 Å². The predicted molar refractivity (Wildman–Crippen MR) is 70.0 cm³/mol. The Hall–Kier alpha value is -1.06. The Labute approximate surface area is 104 Å². The first kappa shape index (κ1) is 14.0. The van der Waals surface area contributed by atoms with Crippen LogP contribution < -0.4 is 10.5 Å². The van der Waals surface area contributed by atoms with Crippen LogP contribution in [0.1, 0.15) is 38.9 Å². The molecule has 3 heteroatoms. The molecule has 96 valence electrons. The number of ether oxygens (including phenoxy) is 1. The number of rotatable bonds is 4. The van der Waals surface area contributed by atoms with Crippen molar-refractivity contribution in [3.8, 4) is 5.75 Å². The van der Waals surface area contributed by atoms with E-state index in [1.165, 1.54) is 0 Å². The molecule has 0 heterocycles. The van der Waals surface area contributed by atoms with E-state index in [2.05, 4.69) is 20.8 Å². The number of hydrogen-bond acceptors (Lipinski definition) is 3. The van der Waals surface area contributed by atoms with Gasteiger partial charge in [0.25, 0.3) is 0 Å². The van der Waals surface area contributed by atoms with E-state index < -0.39 is 6.10 Å². The topological polar surface area (TPSA) is 55.5 Å². The summed E-state index contributed by atoms with van der Waals surface area (Å²) in [5, 5.41) is 10.1. The van der Waals surface area contributed by atoms with Crippen LogP contribution in [-0.4, -0.2) is 18.3 Å². The fourth-order valence-electron chi connectivity index (χ4n) is 1.56. The molecule has 0 aromatic heterocycles. The fourth-order valence-corrected chi connectivity index (χ4v) is 1.56. The molecule has 0 unspecified atom stereocenters. The Balaban J connectivity index is 2.66. The molecule has 0 saturated heterocycles. The Kier molecular flexibility index (Phi) is 4.54. The zero-order chi connectivity index (χ0) is 13.1. The SMILES string of the molecule is COc1ccc([C@H](O)C[C@H](N)C(C)(C)C)cc1. The Morgan fingerprint density at radius 1 is 1.24 bits per heavy atom. The van der Waals surface area contributed by atoms with Crippen LogP contribution in [0.3, 0.4) is 0 Å². The summed E-state index contributed by atoms with van der Waals surface area (Å²) in [6.45, 7) is 6.25. The summed E-state index contributed by atoms with van der Waals surface area (Å²) in [5.74, 6) is 0.793. The molecular formula is C14H23NO2. The first-order chi connectivity index (χ1) is 7.84. The molecule has 17 heavy (non-hydrogen) atoms. The van der Waals surface area contributed by atoms with Crippen LogP contribution >= 0.6 is 0 Å². The number of aliphatic hydroxyl groups is 1. The van der Waals surface area contributed by atoms with Crippen molar-refractivity contribution in [1.29, 1.82) is 0 Å². The normalized spacial score (nSPS) is 15.4. The molecule has 0 bridgehead atoms. The smallest absolute Gasteiger partial charge is 0.118 e. The van der Waals surface area contributed by atoms with Gasteiger partial charge in [0.05, 0.1) is 13.2 Å². The van der Waals surface area contributed by atoms with Gasteiger partial charge in [-0.2, -0.15) is 0 Å². The first-order valence-corrected chi connectivity index (χ1v) is 5.92. The number of aliphatic hydroxyl groups excluding tert-OH is 1. The third-order valence-corrected chi connectivity index (χ3v) is 3.09. The highest BCUT2D eigenvalue weighted by molar-refractivity contribution is 5.28. The summed E-state index contributed by atoms with van der Waals surface area (Å²) in [5.41, 5.74) is 6.95. The third kappa shape index (κ3) is 4.02. The molecule has 3 N–H and O–H groups in total. The Bertz CT molecular complexity index is 340. The molecule has 2 atom stereocenters. The zero-order valence-electron chi connectivity index (χ0n) is 11.1. The van der Waals surface area contributed by atoms with Gasteiger partial charge in [-0.25, -0.2) is 0 Å². The van der Waals surface area contributed by atoms with Crippen LogP contribution in [-0.2, 0) is 0 Å². The first-order valence-electron chi connectivity index (χ1n) is 5.92. The summed E-state index contributed by atoms with van der Waals surface area (Å²) >= 11 is 0. The molecule has 1 aromatic carbocycles. The van der Waals surface area contributed by atoms with Gasteiger partial charge in [0.1, 0.15) is 5.75 Å². The number of hydrogen-bond donors (Lipinski definition) is 2. The van der Waals surface area contributed by atoms with E-state index in [1.807, 2.05) is 24.3 Å². The number of benzene rings is 1. The van der Waals surface area contributed by atoms with Gasteiger partial charge in [0.2, 0.25) is 0 Å². The lowest BCUT2D eigenvalue weighted by Crippen LogP contribution is -2.36.